The SMILES string of the molecule is CN=Cc1c(N)cccc1C(N)c1ccc(CO)c(C)c1Nc1ccc(N2CC3C(C2)C3C(=O)O)nc1. The van der Waals surface area contributed by atoms with Crippen molar-refractivity contribution in [1.82, 2.24) is 4.98 Å². The molecule has 37 heavy (non-hydrogen) atoms. The highest BCUT2D eigenvalue weighted by molar-refractivity contribution is 5.89. The van der Waals surface area contributed by atoms with E-state index in [2.05, 4.69) is 20.2 Å². The van der Waals surface area contributed by atoms with E-state index in [1.54, 1.807) is 19.5 Å². The topological polar surface area (TPSA) is 150 Å². The lowest BCUT2D eigenvalue weighted by atomic mass is 9.90. The van der Waals surface area contributed by atoms with Crippen LogP contribution in [0.4, 0.5) is 22.9 Å². The molecule has 3 unspecified atom stereocenters. The van der Waals surface area contributed by atoms with Crippen LogP contribution in [0.1, 0.15) is 33.9 Å². The molecule has 1 aromatic heterocycles. The number of carbonyl (C=O) groups is 1. The summed E-state index contributed by atoms with van der Waals surface area (Å²) in [4.78, 5) is 22.2. The Morgan fingerprint density at radius 3 is 2.59 bits per heavy atom. The standard InChI is InChI=1S/C28H32N6O3/c1-15-16(14-35)6-8-19(26(30)18-4-3-5-23(29)20(18)11-31-2)27(15)33-17-7-9-24(32-10-17)34-12-21-22(13-34)25(21)28(36)37/h3-11,21-22,25-26,33,35H,12-14,29-30H2,1-2H3,(H,36,37). The normalized spacial score (nSPS) is 21.2. The van der Waals surface area contributed by atoms with Crippen molar-refractivity contribution < 1.29 is 15.0 Å². The van der Waals surface area contributed by atoms with E-state index >= 15 is 0 Å². The number of nitrogens with two attached hydrogens (primary N) is 2. The number of nitrogen functional groups attached to an aromatic ring is 1. The van der Waals surface area contributed by atoms with Gasteiger partial charge in [-0.05, 0) is 59.2 Å². The molecule has 2 fully saturated rings. The van der Waals surface area contributed by atoms with Crippen LogP contribution < -0.4 is 21.7 Å². The third kappa shape index (κ3) is 4.52. The molecule has 1 aliphatic heterocycles. The Labute approximate surface area is 215 Å². The number of carboxylic acid groups (broad SMARTS) is 1. The van der Waals surface area contributed by atoms with Crippen molar-refractivity contribution in [1.29, 1.82) is 0 Å². The number of hydrogen-bond acceptors (Lipinski definition) is 8. The van der Waals surface area contributed by atoms with Gasteiger partial charge >= 0.3 is 5.97 Å². The van der Waals surface area contributed by atoms with Crippen molar-refractivity contribution in [3.05, 3.63) is 76.5 Å². The second kappa shape index (κ2) is 9.84. The summed E-state index contributed by atoms with van der Waals surface area (Å²) in [5.41, 5.74) is 19.4. The van der Waals surface area contributed by atoms with E-state index in [1.165, 1.54) is 0 Å². The molecule has 2 heterocycles. The van der Waals surface area contributed by atoms with Gasteiger partial charge in [0, 0.05) is 43.3 Å². The summed E-state index contributed by atoms with van der Waals surface area (Å²) in [5.74, 6) is 0.386. The molecule has 2 aromatic carbocycles. The molecule has 0 spiro atoms. The number of nitrogens with zero attached hydrogens (tertiary/aromatic N) is 3. The van der Waals surface area contributed by atoms with E-state index in [0.717, 1.165) is 58.1 Å². The van der Waals surface area contributed by atoms with Gasteiger partial charge in [0.2, 0.25) is 0 Å². The largest absolute Gasteiger partial charge is 0.481 e. The van der Waals surface area contributed by atoms with Gasteiger partial charge in [0.25, 0.3) is 0 Å². The molecule has 0 bridgehead atoms. The maximum atomic E-state index is 11.3. The van der Waals surface area contributed by atoms with Crippen LogP contribution in [0.5, 0.6) is 0 Å². The first-order chi connectivity index (χ1) is 17.8. The number of pyridine rings is 1. The first-order valence-electron chi connectivity index (χ1n) is 12.3. The van der Waals surface area contributed by atoms with Crippen LogP contribution in [-0.4, -0.2) is 47.5 Å². The number of aliphatic carboxylic acids is 1. The number of benzene rings is 2. The molecule has 1 aliphatic carbocycles. The number of aliphatic imine (C=N–C) groups is 1. The maximum absolute atomic E-state index is 11.3. The number of aliphatic hydroxyl groups excluding tert-OH is 1. The number of aliphatic hydroxyl groups is 1. The quantitative estimate of drug-likeness (QED) is 0.234. The lowest BCUT2D eigenvalue weighted by Crippen LogP contribution is -2.26. The van der Waals surface area contributed by atoms with Crippen LogP contribution in [0, 0.1) is 24.7 Å². The van der Waals surface area contributed by atoms with Crippen molar-refractivity contribution in [3.8, 4) is 0 Å². The molecule has 3 atom stereocenters. The summed E-state index contributed by atoms with van der Waals surface area (Å²) in [6.07, 6.45) is 3.49. The van der Waals surface area contributed by atoms with Crippen LogP contribution in [0.2, 0.25) is 0 Å². The van der Waals surface area contributed by atoms with Gasteiger partial charge in [-0.1, -0.05) is 24.3 Å². The number of nitrogens with one attached hydrogen (secondary N) is 1. The molecule has 3 aromatic rings. The van der Waals surface area contributed by atoms with Gasteiger partial charge in [0.1, 0.15) is 5.82 Å². The van der Waals surface area contributed by atoms with E-state index < -0.39 is 12.0 Å². The summed E-state index contributed by atoms with van der Waals surface area (Å²) < 4.78 is 0. The number of aromatic nitrogens is 1. The van der Waals surface area contributed by atoms with Crippen molar-refractivity contribution in [3.63, 3.8) is 0 Å². The summed E-state index contributed by atoms with van der Waals surface area (Å²) in [5, 5.41) is 22.6. The zero-order chi connectivity index (χ0) is 26.3. The Hall–Kier alpha value is -3.95. The number of piperidine rings is 1. The van der Waals surface area contributed by atoms with Crippen molar-refractivity contribution in [2.24, 2.45) is 28.5 Å². The van der Waals surface area contributed by atoms with E-state index in [-0.39, 0.29) is 24.4 Å². The third-order valence-electron chi connectivity index (χ3n) is 7.70. The molecule has 0 radical (unpaired) electrons. The molecule has 2 aliphatic rings. The van der Waals surface area contributed by atoms with E-state index in [0.29, 0.717) is 5.69 Å². The lowest BCUT2D eigenvalue weighted by molar-refractivity contribution is -0.139. The fraction of sp³-hybridized carbons (Fsp3) is 0.321. The van der Waals surface area contributed by atoms with Gasteiger partial charge in [-0.15, -0.1) is 0 Å². The summed E-state index contributed by atoms with van der Waals surface area (Å²) in [6.45, 7) is 3.31. The Morgan fingerprint density at radius 1 is 1.22 bits per heavy atom. The zero-order valence-electron chi connectivity index (χ0n) is 20.9. The van der Waals surface area contributed by atoms with Gasteiger partial charge in [-0.25, -0.2) is 4.98 Å². The van der Waals surface area contributed by atoms with Crippen molar-refractivity contribution in [2.45, 2.75) is 19.6 Å². The van der Waals surface area contributed by atoms with E-state index in [4.69, 9.17) is 11.5 Å². The average molecular weight is 501 g/mol. The average Bonchev–Trinajstić information content (AvgIpc) is 3.41. The lowest BCUT2D eigenvalue weighted by Gasteiger charge is -2.24. The Morgan fingerprint density at radius 2 is 1.97 bits per heavy atom. The number of rotatable bonds is 8. The smallest absolute Gasteiger partial charge is 0.307 e. The molecule has 5 rings (SSSR count). The minimum atomic E-state index is -0.691. The number of carboxylic acids is 1. The summed E-state index contributed by atoms with van der Waals surface area (Å²) >= 11 is 0. The van der Waals surface area contributed by atoms with Crippen LogP contribution in [0.15, 0.2) is 53.7 Å². The molecule has 192 valence electrons. The van der Waals surface area contributed by atoms with Gasteiger partial charge in [0.15, 0.2) is 0 Å². The number of fused-ring (bicyclic) bond motifs is 1. The van der Waals surface area contributed by atoms with Gasteiger partial charge in [-0.3, -0.25) is 9.79 Å². The van der Waals surface area contributed by atoms with Crippen LogP contribution in [-0.2, 0) is 11.4 Å². The van der Waals surface area contributed by atoms with Gasteiger partial charge in [0.05, 0.1) is 30.5 Å². The molecular formula is C28H32N6O3. The molecule has 1 saturated heterocycles. The van der Waals surface area contributed by atoms with E-state index in [9.17, 15) is 15.0 Å². The van der Waals surface area contributed by atoms with Crippen molar-refractivity contribution in [2.75, 3.05) is 36.1 Å². The predicted molar refractivity (Wildman–Crippen MR) is 145 cm³/mol. The first kappa shape index (κ1) is 24.7. The minimum Gasteiger partial charge on any atom is -0.481 e. The van der Waals surface area contributed by atoms with Gasteiger partial charge in [-0.2, -0.15) is 0 Å². The van der Waals surface area contributed by atoms with Gasteiger partial charge < -0.3 is 31.9 Å². The molecule has 0 amide bonds. The Bertz CT molecular complexity index is 1340. The third-order valence-corrected chi connectivity index (χ3v) is 7.70. The molecule has 7 N–H and O–H groups in total. The molecular weight excluding hydrogens is 468 g/mol. The second-order valence-corrected chi connectivity index (χ2v) is 9.81. The Kier molecular flexibility index (Phi) is 6.57. The summed E-state index contributed by atoms with van der Waals surface area (Å²) in [6, 6.07) is 12.9. The van der Waals surface area contributed by atoms with Crippen LogP contribution in [0.25, 0.3) is 0 Å². The number of hydrogen-bond donors (Lipinski definition) is 5. The summed E-state index contributed by atoms with van der Waals surface area (Å²) in [7, 11) is 1.70. The predicted octanol–water partition coefficient (Wildman–Crippen LogP) is 3.07. The zero-order valence-corrected chi connectivity index (χ0v) is 20.9. The molecule has 9 nitrogen and oxygen atoms in total. The molecule has 1 saturated carbocycles. The van der Waals surface area contributed by atoms with Crippen molar-refractivity contribution >= 4 is 35.1 Å². The maximum Gasteiger partial charge on any atom is 0.307 e. The molecule has 9 heteroatoms. The monoisotopic (exact) mass is 500 g/mol. The number of anilines is 4. The fourth-order valence-corrected chi connectivity index (χ4v) is 5.56. The highest BCUT2D eigenvalue weighted by Gasteiger charge is 2.59. The second-order valence-electron chi connectivity index (χ2n) is 9.81. The van der Waals surface area contributed by atoms with Crippen LogP contribution in [0.3, 0.4) is 0 Å². The highest BCUT2D eigenvalue weighted by Crippen LogP contribution is 2.52. The highest BCUT2D eigenvalue weighted by atomic mass is 16.4. The van der Waals surface area contributed by atoms with Crippen LogP contribution >= 0.6 is 0 Å². The Balaban J connectivity index is 1.42. The first-order valence-corrected chi connectivity index (χ1v) is 12.3. The van der Waals surface area contributed by atoms with E-state index in [1.807, 2.05) is 49.4 Å². The minimum absolute atomic E-state index is 0.0894. The fourth-order valence-electron chi connectivity index (χ4n) is 5.56.